The van der Waals surface area contributed by atoms with Crippen molar-refractivity contribution in [3.8, 4) is 0 Å². The second-order valence-corrected chi connectivity index (χ2v) is 5.80. The van der Waals surface area contributed by atoms with Gasteiger partial charge >= 0.3 is 0 Å². The van der Waals surface area contributed by atoms with Crippen molar-refractivity contribution in [2.24, 2.45) is 5.92 Å². The zero-order valence-electron chi connectivity index (χ0n) is 12.9. The number of hydrogen-bond donors (Lipinski definition) is 3. The summed E-state index contributed by atoms with van der Waals surface area (Å²) in [6, 6.07) is 8.00. The molecule has 0 spiro atoms. The molecule has 0 saturated carbocycles. The minimum Gasteiger partial charge on any atom is -0.391 e. The van der Waals surface area contributed by atoms with Gasteiger partial charge in [0, 0.05) is 13.1 Å². The first-order valence-corrected chi connectivity index (χ1v) is 7.91. The molecule has 3 N–H and O–H groups in total. The summed E-state index contributed by atoms with van der Waals surface area (Å²) in [7, 11) is 0. The molecule has 0 saturated heterocycles. The number of hydrogen-bond acceptors (Lipinski definition) is 3. The molecule has 116 valence electrons. The molecule has 0 aliphatic carbocycles. The van der Waals surface area contributed by atoms with Crippen molar-refractivity contribution in [1.29, 1.82) is 0 Å². The normalized spacial score (nSPS) is 19.1. The van der Waals surface area contributed by atoms with Crippen molar-refractivity contribution in [2.45, 2.75) is 51.8 Å². The highest BCUT2D eigenvalue weighted by atomic mass is 16.3. The summed E-state index contributed by atoms with van der Waals surface area (Å²) < 4.78 is 0. The van der Waals surface area contributed by atoms with Crippen molar-refractivity contribution in [3.05, 3.63) is 35.4 Å². The number of carbonyl (C=O) groups excluding carboxylic acids is 1. The topological polar surface area (TPSA) is 61.4 Å². The molecule has 1 amide bonds. The summed E-state index contributed by atoms with van der Waals surface area (Å²) in [6.45, 7) is 5.20. The number of rotatable bonds is 6. The average molecular weight is 290 g/mol. The fourth-order valence-electron chi connectivity index (χ4n) is 2.97. The fourth-order valence-corrected chi connectivity index (χ4v) is 2.97. The lowest BCUT2D eigenvalue weighted by Crippen LogP contribution is -2.49. The Balaban J connectivity index is 1.85. The third kappa shape index (κ3) is 4.05. The summed E-state index contributed by atoms with van der Waals surface area (Å²) in [4.78, 5) is 12.2. The first-order chi connectivity index (χ1) is 10.2. The third-order valence-corrected chi connectivity index (χ3v) is 4.48. The third-order valence-electron chi connectivity index (χ3n) is 4.48. The molecule has 1 heterocycles. The van der Waals surface area contributed by atoms with Gasteiger partial charge in [0.05, 0.1) is 12.1 Å². The van der Waals surface area contributed by atoms with Crippen LogP contribution in [0.15, 0.2) is 24.3 Å². The van der Waals surface area contributed by atoms with Gasteiger partial charge in [0.2, 0.25) is 5.91 Å². The van der Waals surface area contributed by atoms with Gasteiger partial charge in [-0.15, -0.1) is 0 Å². The molecule has 4 nitrogen and oxygen atoms in total. The van der Waals surface area contributed by atoms with E-state index in [1.807, 2.05) is 12.1 Å². The zero-order chi connectivity index (χ0) is 15.2. The molecule has 0 radical (unpaired) electrons. The lowest BCUT2D eigenvalue weighted by Gasteiger charge is -2.26. The van der Waals surface area contributed by atoms with Gasteiger partial charge in [-0.1, -0.05) is 51.0 Å². The Morgan fingerprint density at radius 1 is 1.33 bits per heavy atom. The van der Waals surface area contributed by atoms with Crippen molar-refractivity contribution in [3.63, 3.8) is 0 Å². The van der Waals surface area contributed by atoms with Crippen LogP contribution >= 0.6 is 0 Å². The molecule has 1 aromatic rings. The van der Waals surface area contributed by atoms with Crippen LogP contribution in [0.3, 0.4) is 0 Å². The van der Waals surface area contributed by atoms with Gasteiger partial charge in [-0.05, 0) is 23.5 Å². The van der Waals surface area contributed by atoms with Crippen LogP contribution in [-0.4, -0.2) is 29.7 Å². The van der Waals surface area contributed by atoms with E-state index >= 15 is 0 Å². The van der Waals surface area contributed by atoms with Gasteiger partial charge in [-0.2, -0.15) is 0 Å². The van der Waals surface area contributed by atoms with Crippen LogP contribution in [0.2, 0.25) is 0 Å². The number of aliphatic hydroxyl groups is 1. The summed E-state index contributed by atoms with van der Waals surface area (Å²) in [5, 5.41) is 16.2. The number of fused-ring (bicyclic) bond motifs is 1. The Labute approximate surface area is 126 Å². The molecule has 1 aliphatic rings. The molecular formula is C17H26N2O2. The van der Waals surface area contributed by atoms with Crippen molar-refractivity contribution in [2.75, 3.05) is 6.54 Å². The van der Waals surface area contributed by atoms with E-state index < -0.39 is 6.10 Å². The van der Waals surface area contributed by atoms with Crippen LogP contribution in [-0.2, 0) is 17.8 Å². The maximum absolute atomic E-state index is 12.2. The number of benzene rings is 1. The van der Waals surface area contributed by atoms with Crippen molar-refractivity contribution < 1.29 is 9.90 Å². The number of aliphatic hydroxyl groups excluding tert-OH is 1. The average Bonchev–Trinajstić information content (AvgIpc) is 2.53. The Bertz CT molecular complexity index is 472. The molecule has 2 rings (SSSR count). The number of carbonyl (C=O) groups is 1. The van der Waals surface area contributed by atoms with E-state index in [0.717, 1.165) is 19.4 Å². The van der Waals surface area contributed by atoms with Crippen LogP contribution in [0.4, 0.5) is 0 Å². The molecule has 21 heavy (non-hydrogen) atoms. The van der Waals surface area contributed by atoms with E-state index in [4.69, 9.17) is 0 Å². The minimum absolute atomic E-state index is 0.0190. The van der Waals surface area contributed by atoms with Crippen LogP contribution in [0.5, 0.6) is 0 Å². The molecule has 2 atom stereocenters. The van der Waals surface area contributed by atoms with E-state index in [9.17, 15) is 9.90 Å². The van der Waals surface area contributed by atoms with Gasteiger partial charge < -0.3 is 15.7 Å². The van der Waals surface area contributed by atoms with E-state index in [0.29, 0.717) is 13.0 Å². The second-order valence-electron chi connectivity index (χ2n) is 5.80. The minimum atomic E-state index is -0.458. The maximum atomic E-state index is 12.2. The molecule has 4 heteroatoms. The van der Waals surface area contributed by atoms with E-state index in [-0.39, 0.29) is 17.9 Å². The van der Waals surface area contributed by atoms with Crippen molar-refractivity contribution in [1.82, 2.24) is 10.6 Å². The highest BCUT2D eigenvalue weighted by Crippen LogP contribution is 2.16. The largest absolute Gasteiger partial charge is 0.391 e. The highest BCUT2D eigenvalue weighted by Gasteiger charge is 2.24. The number of amides is 1. The van der Waals surface area contributed by atoms with Crippen LogP contribution in [0.25, 0.3) is 0 Å². The Hall–Kier alpha value is -1.39. The molecule has 2 unspecified atom stereocenters. The molecule has 0 fully saturated rings. The molecule has 0 aromatic heterocycles. The first kappa shape index (κ1) is 16.0. The monoisotopic (exact) mass is 290 g/mol. The van der Waals surface area contributed by atoms with Gasteiger partial charge in [0.1, 0.15) is 0 Å². The lowest BCUT2D eigenvalue weighted by molar-refractivity contribution is -0.124. The first-order valence-electron chi connectivity index (χ1n) is 7.91. The standard InChI is InChI=1S/C17H26N2O2/c1-3-12(4-2)16(20)11-19-17(21)15-9-13-7-5-6-8-14(13)10-18-15/h5-8,12,15-16,18,20H,3-4,9-11H2,1-2H3,(H,19,21). The lowest BCUT2D eigenvalue weighted by atomic mass is 9.94. The fraction of sp³-hybridized carbons (Fsp3) is 0.588. The smallest absolute Gasteiger partial charge is 0.237 e. The van der Waals surface area contributed by atoms with Crippen molar-refractivity contribution >= 4 is 5.91 Å². The summed E-state index contributed by atoms with van der Waals surface area (Å²) in [5.41, 5.74) is 2.50. The molecule has 1 aromatic carbocycles. The summed E-state index contributed by atoms with van der Waals surface area (Å²) in [6.07, 6.45) is 2.12. The predicted octanol–water partition coefficient (Wildman–Crippen LogP) is 1.61. The van der Waals surface area contributed by atoms with Crippen LogP contribution < -0.4 is 10.6 Å². The van der Waals surface area contributed by atoms with E-state index in [1.165, 1.54) is 11.1 Å². The zero-order valence-corrected chi connectivity index (χ0v) is 12.9. The molecular weight excluding hydrogens is 264 g/mol. The van der Waals surface area contributed by atoms with Gasteiger partial charge in [-0.3, -0.25) is 4.79 Å². The molecule has 1 aliphatic heterocycles. The van der Waals surface area contributed by atoms with E-state index in [2.05, 4.69) is 36.6 Å². The predicted molar refractivity (Wildman–Crippen MR) is 83.9 cm³/mol. The van der Waals surface area contributed by atoms with Gasteiger partial charge in [-0.25, -0.2) is 0 Å². The Morgan fingerprint density at radius 3 is 2.67 bits per heavy atom. The summed E-state index contributed by atoms with van der Waals surface area (Å²) in [5.74, 6) is 0.236. The Kier molecular flexibility index (Phi) is 5.76. The maximum Gasteiger partial charge on any atom is 0.237 e. The second kappa shape index (κ2) is 7.57. The van der Waals surface area contributed by atoms with Gasteiger partial charge in [0.25, 0.3) is 0 Å². The quantitative estimate of drug-likeness (QED) is 0.746. The van der Waals surface area contributed by atoms with Gasteiger partial charge in [0.15, 0.2) is 0 Å². The Morgan fingerprint density at radius 2 is 2.00 bits per heavy atom. The SMILES string of the molecule is CCC(CC)C(O)CNC(=O)C1Cc2ccccc2CN1. The van der Waals surface area contributed by atoms with E-state index in [1.54, 1.807) is 0 Å². The summed E-state index contributed by atoms with van der Waals surface area (Å²) >= 11 is 0. The van der Waals surface area contributed by atoms with Crippen LogP contribution in [0, 0.1) is 5.92 Å². The van der Waals surface area contributed by atoms with Crippen LogP contribution in [0.1, 0.15) is 37.8 Å². The molecule has 0 bridgehead atoms. The highest BCUT2D eigenvalue weighted by molar-refractivity contribution is 5.82. The number of nitrogens with one attached hydrogen (secondary N) is 2.